The Morgan fingerprint density at radius 3 is 2.74 bits per heavy atom. The van der Waals surface area contributed by atoms with Gasteiger partial charge in [-0.1, -0.05) is 13.3 Å². The standard InChI is InChI=1S/C17H25N3O2S/c1-6-7-10(2)20(5)14(21)9-8-13-18-16(22)15-11(3)12(4)23-17(15)19-13/h10H,6-9H2,1-5H3,(H,18,19,22)/t10-/m1/s1. The number of aromatic amines is 1. The maximum atomic E-state index is 12.2. The van der Waals surface area contributed by atoms with Gasteiger partial charge in [0.05, 0.1) is 5.39 Å². The van der Waals surface area contributed by atoms with Gasteiger partial charge in [-0.2, -0.15) is 0 Å². The van der Waals surface area contributed by atoms with Gasteiger partial charge in [-0.15, -0.1) is 11.3 Å². The summed E-state index contributed by atoms with van der Waals surface area (Å²) >= 11 is 1.53. The predicted octanol–water partition coefficient (Wildman–Crippen LogP) is 3.18. The number of carbonyl (C=O) groups excluding carboxylic acids is 1. The fourth-order valence-electron chi connectivity index (χ4n) is 2.68. The minimum atomic E-state index is -0.105. The zero-order valence-electron chi connectivity index (χ0n) is 14.5. The van der Waals surface area contributed by atoms with Crippen molar-refractivity contribution in [2.75, 3.05) is 7.05 Å². The second-order valence-electron chi connectivity index (χ2n) is 6.12. The summed E-state index contributed by atoms with van der Waals surface area (Å²) in [4.78, 5) is 35.5. The normalized spacial score (nSPS) is 12.6. The molecular formula is C17H25N3O2S. The molecule has 0 saturated carbocycles. The van der Waals surface area contributed by atoms with Crippen molar-refractivity contribution >= 4 is 27.5 Å². The van der Waals surface area contributed by atoms with Gasteiger partial charge in [-0.05, 0) is 32.8 Å². The van der Waals surface area contributed by atoms with Crippen molar-refractivity contribution in [3.8, 4) is 0 Å². The van der Waals surface area contributed by atoms with Crippen LogP contribution in [-0.2, 0) is 11.2 Å². The number of carbonyl (C=O) groups is 1. The monoisotopic (exact) mass is 335 g/mol. The van der Waals surface area contributed by atoms with E-state index in [1.165, 1.54) is 11.3 Å². The van der Waals surface area contributed by atoms with E-state index >= 15 is 0 Å². The lowest BCUT2D eigenvalue weighted by atomic mass is 10.1. The van der Waals surface area contributed by atoms with Crippen molar-refractivity contribution in [2.45, 2.75) is 59.4 Å². The van der Waals surface area contributed by atoms with Crippen molar-refractivity contribution in [2.24, 2.45) is 0 Å². The Labute approximate surface area is 140 Å². The molecule has 5 nitrogen and oxygen atoms in total. The van der Waals surface area contributed by atoms with Crippen LogP contribution < -0.4 is 5.56 Å². The topological polar surface area (TPSA) is 66.1 Å². The lowest BCUT2D eigenvalue weighted by Gasteiger charge is -2.24. The van der Waals surface area contributed by atoms with E-state index in [-0.39, 0.29) is 17.5 Å². The van der Waals surface area contributed by atoms with Crippen LogP contribution in [0.5, 0.6) is 0 Å². The number of thiophene rings is 1. The first-order valence-corrected chi connectivity index (χ1v) is 8.91. The number of hydrogen-bond acceptors (Lipinski definition) is 4. The van der Waals surface area contributed by atoms with Crippen LogP contribution in [0.25, 0.3) is 10.2 Å². The molecule has 0 aliphatic rings. The molecule has 0 fully saturated rings. The fourth-order valence-corrected chi connectivity index (χ4v) is 3.73. The van der Waals surface area contributed by atoms with Crippen molar-refractivity contribution in [3.63, 3.8) is 0 Å². The van der Waals surface area contributed by atoms with E-state index in [2.05, 4.69) is 23.8 Å². The van der Waals surface area contributed by atoms with E-state index in [1.54, 1.807) is 4.90 Å². The quantitative estimate of drug-likeness (QED) is 0.881. The number of aromatic nitrogens is 2. The first-order chi connectivity index (χ1) is 10.8. The summed E-state index contributed by atoms with van der Waals surface area (Å²) in [7, 11) is 1.84. The number of nitrogens with one attached hydrogen (secondary N) is 1. The third kappa shape index (κ3) is 3.80. The molecule has 6 heteroatoms. The van der Waals surface area contributed by atoms with Gasteiger partial charge in [0.2, 0.25) is 5.91 Å². The van der Waals surface area contributed by atoms with Crippen molar-refractivity contribution < 1.29 is 4.79 Å². The van der Waals surface area contributed by atoms with E-state index in [4.69, 9.17) is 0 Å². The molecule has 126 valence electrons. The molecule has 0 unspecified atom stereocenters. The Morgan fingerprint density at radius 1 is 1.39 bits per heavy atom. The number of hydrogen-bond donors (Lipinski definition) is 1. The van der Waals surface area contributed by atoms with Gasteiger partial charge in [-0.3, -0.25) is 9.59 Å². The molecule has 1 amide bonds. The lowest BCUT2D eigenvalue weighted by Crippen LogP contribution is -2.35. The molecule has 1 N–H and O–H groups in total. The van der Waals surface area contributed by atoms with Crippen molar-refractivity contribution in [1.29, 1.82) is 0 Å². The highest BCUT2D eigenvalue weighted by molar-refractivity contribution is 7.18. The van der Waals surface area contributed by atoms with Gasteiger partial charge in [0.25, 0.3) is 5.56 Å². The Kier molecular flexibility index (Phi) is 5.57. The minimum absolute atomic E-state index is 0.0900. The molecule has 0 spiro atoms. The smallest absolute Gasteiger partial charge is 0.259 e. The SMILES string of the molecule is CCC[C@@H](C)N(C)C(=O)CCc1nc2sc(C)c(C)c2c(=O)[nH]1. The molecule has 1 atom stereocenters. The first-order valence-electron chi connectivity index (χ1n) is 8.09. The molecule has 0 radical (unpaired) electrons. The first kappa shape index (κ1) is 17.7. The molecular weight excluding hydrogens is 310 g/mol. The van der Waals surface area contributed by atoms with Crippen LogP contribution in [0.2, 0.25) is 0 Å². The molecule has 0 aliphatic carbocycles. The molecule has 2 rings (SSSR count). The van der Waals surface area contributed by atoms with Gasteiger partial charge < -0.3 is 9.88 Å². The molecule has 0 saturated heterocycles. The molecule has 2 heterocycles. The van der Waals surface area contributed by atoms with Gasteiger partial charge in [0.1, 0.15) is 10.7 Å². The molecule has 2 aromatic rings. The highest BCUT2D eigenvalue weighted by Gasteiger charge is 2.16. The summed E-state index contributed by atoms with van der Waals surface area (Å²) in [5.74, 6) is 0.681. The van der Waals surface area contributed by atoms with Crippen molar-refractivity contribution in [3.05, 3.63) is 26.6 Å². The molecule has 2 aromatic heterocycles. The zero-order chi connectivity index (χ0) is 17.1. The van der Waals surface area contributed by atoms with Crippen LogP contribution in [0.1, 0.15) is 49.4 Å². The maximum Gasteiger partial charge on any atom is 0.259 e. The third-order valence-corrected chi connectivity index (χ3v) is 5.53. The maximum absolute atomic E-state index is 12.2. The van der Waals surface area contributed by atoms with E-state index in [0.29, 0.717) is 24.1 Å². The Morgan fingerprint density at radius 2 is 2.09 bits per heavy atom. The van der Waals surface area contributed by atoms with Gasteiger partial charge in [0.15, 0.2) is 0 Å². The van der Waals surface area contributed by atoms with Crippen LogP contribution in [0.3, 0.4) is 0 Å². The molecule has 0 aliphatic heterocycles. The summed E-state index contributed by atoms with van der Waals surface area (Å²) in [5, 5.41) is 0.677. The number of H-pyrrole nitrogens is 1. The van der Waals surface area contributed by atoms with E-state index in [0.717, 1.165) is 28.1 Å². The molecule has 0 bridgehead atoms. The number of nitrogens with zero attached hydrogens (tertiary/aromatic N) is 2. The average molecular weight is 335 g/mol. The number of rotatable bonds is 6. The van der Waals surface area contributed by atoms with Crippen LogP contribution >= 0.6 is 11.3 Å². The summed E-state index contributed by atoms with van der Waals surface area (Å²) in [6, 6.07) is 0.240. The molecule has 23 heavy (non-hydrogen) atoms. The number of amides is 1. The van der Waals surface area contributed by atoms with Crippen LogP contribution in [0.4, 0.5) is 0 Å². The van der Waals surface area contributed by atoms with Crippen molar-refractivity contribution in [1.82, 2.24) is 14.9 Å². The second kappa shape index (κ2) is 7.25. The van der Waals surface area contributed by atoms with Crippen LogP contribution in [0, 0.1) is 13.8 Å². The predicted molar refractivity (Wildman–Crippen MR) is 95.2 cm³/mol. The highest BCUT2D eigenvalue weighted by Crippen LogP contribution is 2.25. The highest BCUT2D eigenvalue weighted by atomic mass is 32.1. The summed E-state index contributed by atoms with van der Waals surface area (Å²) < 4.78 is 0. The lowest BCUT2D eigenvalue weighted by molar-refractivity contribution is -0.131. The van der Waals surface area contributed by atoms with Gasteiger partial charge in [0, 0.05) is 30.8 Å². The Hall–Kier alpha value is -1.69. The number of fused-ring (bicyclic) bond motifs is 1. The van der Waals surface area contributed by atoms with E-state index in [1.807, 2.05) is 20.9 Å². The average Bonchev–Trinajstić information content (AvgIpc) is 2.79. The van der Waals surface area contributed by atoms with Crippen LogP contribution in [0.15, 0.2) is 4.79 Å². The molecule has 0 aromatic carbocycles. The third-order valence-electron chi connectivity index (χ3n) is 4.42. The van der Waals surface area contributed by atoms with E-state index < -0.39 is 0 Å². The van der Waals surface area contributed by atoms with E-state index in [9.17, 15) is 9.59 Å². The summed E-state index contributed by atoms with van der Waals surface area (Å²) in [6.45, 7) is 8.11. The largest absolute Gasteiger partial charge is 0.343 e. The number of aryl methyl sites for hydroxylation is 3. The van der Waals surface area contributed by atoms with Crippen LogP contribution in [-0.4, -0.2) is 33.9 Å². The van der Waals surface area contributed by atoms with Gasteiger partial charge in [-0.25, -0.2) is 4.98 Å². The summed E-state index contributed by atoms with van der Waals surface area (Å²) in [6.07, 6.45) is 2.88. The summed E-state index contributed by atoms with van der Waals surface area (Å²) in [5.41, 5.74) is 0.890. The second-order valence-corrected chi connectivity index (χ2v) is 7.32. The Balaban J connectivity index is 2.11. The van der Waals surface area contributed by atoms with Gasteiger partial charge >= 0.3 is 0 Å². The Bertz CT molecular complexity index is 763. The zero-order valence-corrected chi connectivity index (χ0v) is 15.3. The fraction of sp³-hybridized carbons (Fsp3) is 0.588. The minimum Gasteiger partial charge on any atom is -0.343 e.